The number of nitrogens with one attached hydrogen (secondary N) is 1. The lowest BCUT2D eigenvalue weighted by molar-refractivity contribution is -0.145. The van der Waals surface area contributed by atoms with Crippen molar-refractivity contribution in [3.8, 4) is 11.4 Å². The molecule has 2 aromatic carbocycles. The molecule has 8 nitrogen and oxygen atoms in total. The van der Waals surface area contributed by atoms with E-state index in [-0.39, 0.29) is 11.3 Å². The van der Waals surface area contributed by atoms with Gasteiger partial charge in [-0.15, -0.1) is 10.2 Å². The Bertz CT molecular complexity index is 1640. The van der Waals surface area contributed by atoms with Crippen LogP contribution in [0.3, 0.4) is 0 Å². The molecule has 5 aromatic rings. The number of hydrogen-bond donors (Lipinski definition) is 1. The van der Waals surface area contributed by atoms with Gasteiger partial charge in [0.25, 0.3) is 5.91 Å². The van der Waals surface area contributed by atoms with Gasteiger partial charge in [-0.3, -0.25) is 9.20 Å². The van der Waals surface area contributed by atoms with Crippen LogP contribution in [0.4, 0.5) is 17.6 Å². The van der Waals surface area contributed by atoms with Crippen molar-refractivity contribution in [3.05, 3.63) is 84.4 Å². The molecule has 0 aliphatic heterocycles. The van der Waals surface area contributed by atoms with E-state index in [2.05, 4.69) is 20.6 Å². The molecule has 5 rings (SSSR count). The van der Waals surface area contributed by atoms with Gasteiger partial charge in [0, 0.05) is 30.1 Å². The van der Waals surface area contributed by atoms with Gasteiger partial charge in [-0.05, 0) is 48.4 Å². The van der Waals surface area contributed by atoms with E-state index in [9.17, 15) is 22.4 Å². The summed E-state index contributed by atoms with van der Waals surface area (Å²) in [6.45, 7) is 3.85. The number of amides is 1. The molecule has 0 saturated carbocycles. The van der Waals surface area contributed by atoms with Crippen LogP contribution in [0.5, 0.6) is 5.75 Å². The van der Waals surface area contributed by atoms with Crippen LogP contribution in [0.1, 0.15) is 32.4 Å². The highest BCUT2D eigenvalue weighted by Crippen LogP contribution is 2.32. The number of ether oxygens (including phenoxy) is 1. The first kappa shape index (κ1) is 26.1. The third-order valence-corrected chi connectivity index (χ3v) is 6.28. The lowest BCUT2D eigenvalue weighted by Gasteiger charge is -2.32. The molecule has 2 atom stereocenters. The van der Waals surface area contributed by atoms with E-state index in [1.165, 1.54) is 0 Å². The van der Waals surface area contributed by atoms with E-state index in [4.69, 9.17) is 4.74 Å². The second kappa shape index (κ2) is 10.0. The SMILES string of the molecule is CC(C)[C@H](NC(=O)C(C)(F)F)[C@H](Oc1ccc2c(cnn2-c2ccc3nncn3c2)c1)c1cc(F)cc(F)c1. The number of halogens is 4. The van der Waals surface area contributed by atoms with Gasteiger partial charge >= 0.3 is 5.92 Å². The Morgan fingerprint density at radius 2 is 1.79 bits per heavy atom. The van der Waals surface area contributed by atoms with Gasteiger partial charge in [-0.2, -0.15) is 13.9 Å². The van der Waals surface area contributed by atoms with Crippen LogP contribution in [-0.2, 0) is 4.79 Å². The molecule has 12 heteroatoms. The minimum absolute atomic E-state index is 0.0453. The van der Waals surface area contributed by atoms with E-state index < -0.39 is 41.5 Å². The fourth-order valence-corrected chi connectivity index (χ4v) is 4.34. The smallest absolute Gasteiger partial charge is 0.321 e. The van der Waals surface area contributed by atoms with Crippen molar-refractivity contribution in [2.75, 3.05) is 0 Å². The van der Waals surface area contributed by atoms with Crippen LogP contribution in [0, 0.1) is 17.6 Å². The average molecular weight is 541 g/mol. The Morgan fingerprint density at radius 1 is 1.05 bits per heavy atom. The Kier molecular flexibility index (Phi) is 6.71. The summed E-state index contributed by atoms with van der Waals surface area (Å²) < 4.78 is 65.5. The minimum atomic E-state index is -3.66. The molecule has 0 aliphatic carbocycles. The van der Waals surface area contributed by atoms with Crippen LogP contribution >= 0.6 is 0 Å². The molecule has 0 aliphatic rings. The number of aromatic nitrogens is 5. The molecule has 1 amide bonds. The largest absolute Gasteiger partial charge is 0.484 e. The molecule has 0 spiro atoms. The summed E-state index contributed by atoms with van der Waals surface area (Å²) in [5, 5.41) is 15.3. The second-order valence-corrected chi connectivity index (χ2v) is 9.63. The van der Waals surface area contributed by atoms with Crippen molar-refractivity contribution in [1.29, 1.82) is 0 Å². The number of hydrogen-bond acceptors (Lipinski definition) is 5. The van der Waals surface area contributed by atoms with Crippen molar-refractivity contribution in [2.45, 2.75) is 38.8 Å². The van der Waals surface area contributed by atoms with Gasteiger partial charge in [-0.25, -0.2) is 13.5 Å². The highest BCUT2D eigenvalue weighted by Gasteiger charge is 2.38. The van der Waals surface area contributed by atoms with Crippen LogP contribution in [0.2, 0.25) is 0 Å². The minimum Gasteiger partial charge on any atom is -0.484 e. The quantitative estimate of drug-likeness (QED) is 0.271. The summed E-state index contributed by atoms with van der Waals surface area (Å²) in [5.41, 5.74) is 2.21. The number of benzene rings is 2. The van der Waals surface area contributed by atoms with E-state index in [1.807, 2.05) is 12.3 Å². The maximum atomic E-state index is 14.2. The molecule has 0 bridgehead atoms. The lowest BCUT2D eigenvalue weighted by atomic mass is 9.92. The van der Waals surface area contributed by atoms with Gasteiger partial charge < -0.3 is 10.1 Å². The third kappa shape index (κ3) is 5.40. The third-order valence-electron chi connectivity index (χ3n) is 6.28. The first-order valence-corrected chi connectivity index (χ1v) is 12.1. The Morgan fingerprint density at radius 3 is 2.49 bits per heavy atom. The summed E-state index contributed by atoms with van der Waals surface area (Å²) in [5.74, 6) is -7.06. The molecule has 1 N–H and O–H groups in total. The first-order chi connectivity index (χ1) is 18.5. The summed E-state index contributed by atoms with van der Waals surface area (Å²) in [6.07, 6.45) is 3.82. The van der Waals surface area contributed by atoms with Crippen LogP contribution in [0.15, 0.2) is 67.3 Å². The zero-order chi connectivity index (χ0) is 27.9. The Hall–Kier alpha value is -4.48. The fraction of sp³-hybridized carbons (Fsp3) is 0.259. The van der Waals surface area contributed by atoms with Crippen LogP contribution in [-0.4, -0.2) is 42.3 Å². The Labute approximate surface area is 220 Å². The number of carbonyl (C=O) groups is 1. The first-order valence-electron chi connectivity index (χ1n) is 12.1. The molecule has 0 saturated heterocycles. The molecule has 0 fully saturated rings. The van der Waals surface area contributed by atoms with Gasteiger partial charge in [-0.1, -0.05) is 13.8 Å². The van der Waals surface area contributed by atoms with Crippen molar-refractivity contribution in [3.63, 3.8) is 0 Å². The average Bonchev–Trinajstić information content (AvgIpc) is 3.50. The van der Waals surface area contributed by atoms with Crippen LogP contribution < -0.4 is 10.1 Å². The van der Waals surface area contributed by atoms with Gasteiger partial charge in [0.1, 0.15) is 29.8 Å². The zero-order valence-corrected chi connectivity index (χ0v) is 21.1. The molecule has 39 heavy (non-hydrogen) atoms. The van der Waals surface area contributed by atoms with E-state index in [1.54, 1.807) is 59.7 Å². The summed E-state index contributed by atoms with van der Waals surface area (Å²) >= 11 is 0. The van der Waals surface area contributed by atoms with E-state index in [0.29, 0.717) is 24.0 Å². The molecular formula is C27H24F4N6O2. The number of carbonyl (C=O) groups excluding carboxylic acids is 1. The van der Waals surface area contributed by atoms with Gasteiger partial charge in [0.15, 0.2) is 5.65 Å². The second-order valence-electron chi connectivity index (χ2n) is 9.63. The van der Waals surface area contributed by atoms with Crippen molar-refractivity contribution in [1.82, 2.24) is 29.7 Å². The van der Waals surface area contributed by atoms with Crippen molar-refractivity contribution < 1.29 is 27.1 Å². The number of nitrogens with zero attached hydrogens (tertiary/aromatic N) is 5. The van der Waals surface area contributed by atoms with Crippen molar-refractivity contribution in [2.24, 2.45) is 5.92 Å². The summed E-state index contributed by atoms with van der Waals surface area (Å²) in [6, 6.07) is 10.5. The number of fused-ring (bicyclic) bond motifs is 2. The maximum Gasteiger partial charge on any atom is 0.321 e. The molecule has 202 valence electrons. The fourth-order valence-electron chi connectivity index (χ4n) is 4.34. The summed E-state index contributed by atoms with van der Waals surface area (Å²) in [7, 11) is 0. The predicted molar refractivity (Wildman–Crippen MR) is 135 cm³/mol. The van der Waals surface area contributed by atoms with E-state index in [0.717, 1.165) is 23.3 Å². The molecule has 0 unspecified atom stereocenters. The molecular weight excluding hydrogens is 516 g/mol. The maximum absolute atomic E-state index is 14.2. The molecule has 0 radical (unpaired) electrons. The van der Waals surface area contributed by atoms with Gasteiger partial charge in [0.05, 0.1) is 23.4 Å². The normalized spacial score (nSPS) is 13.6. The zero-order valence-electron chi connectivity index (χ0n) is 21.1. The van der Waals surface area contributed by atoms with Gasteiger partial charge in [0.2, 0.25) is 0 Å². The Balaban J connectivity index is 1.52. The standard InChI is InChI=1S/C27H24F4N6O2/c1-15(2)24(34-26(38)27(3,30)31)25(16-8-18(28)11-19(29)9-16)39-21-5-6-22-17(10-21)12-33-37(22)20-4-7-23-35-32-14-36(23)13-20/h4-15,24-25H,1-3H3,(H,34,38)/t24-,25+/m0/s1. The van der Waals surface area contributed by atoms with Crippen molar-refractivity contribution >= 4 is 22.5 Å². The lowest BCUT2D eigenvalue weighted by Crippen LogP contribution is -2.49. The summed E-state index contributed by atoms with van der Waals surface area (Å²) in [4.78, 5) is 12.2. The topological polar surface area (TPSA) is 86.3 Å². The predicted octanol–water partition coefficient (Wildman–Crippen LogP) is 5.26. The van der Waals surface area contributed by atoms with Crippen LogP contribution in [0.25, 0.3) is 22.2 Å². The number of rotatable bonds is 8. The highest BCUT2D eigenvalue weighted by atomic mass is 19.3. The molecule has 3 heterocycles. The molecule has 3 aromatic heterocycles. The van der Waals surface area contributed by atoms with E-state index >= 15 is 0 Å². The monoisotopic (exact) mass is 540 g/mol. The highest BCUT2D eigenvalue weighted by molar-refractivity contribution is 5.83. The number of alkyl halides is 2. The number of pyridine rings is 1.